The van der Waals surface area contributed by atoms with Crippen molar-refractivity contribution in [2.45, 2.75) is 31.7 Å². The van der Waals surface area contributed by atoms with Gasteiger partial charge in [-0.1, -0.05) is 24.7 Å². The van der Waals surface area contributed by atoms with Crippen LogP contribution >= 0.6 is 0 Å². The molecule has 20 heavy (non-hydrogen) atoms. The van der Waals surface area contributed by atoms with Crippen molar-refractivity contribution in [3.8, 4) is 11.8 Å². The summed E-state index contributed by atoms with van der Waals surface area (Å²) >= 11 is 0. The maximum atomic E-state index is 13.5. The maximum Gasteiger partial charge on any atom is 0.319 e. The van der Waals surface area contributed by atoms with Crippen LogP contribution in [0.2, 0.25) is 0 Å². The first-order valence-electron chi connectivity index (χ1n) is 6.75. The number of hydrogen-bond donors (Lipinski definition) is 3. The van der Waals surface area contributed by atoms with Crippen LogP contribution in [-0.4, -0.2) is 18.6 Å². The van der Waals surface area contributed by atoms with E-state index in [1.54, 1.807) is 0 Å². The van der Waals surface area contributed by atoms with E-state index in [0.29, 0.717) is 5.69 Å². The molecule has 1 aromatic carbocycles. The maximum absolute atomic E-state index is 13.5. The molecule has 0 spiro atoms. The zero-order chi connectivity index (χ0) is 14.4. The van der Waals surface area contributed by atoms with E-state index in [9.17, 15) is 9.18 Å². The molecular weight excluding hydrogens is 257 g/mol. The molecule has 1 fully saturated rings. The van der Waals surface area contributed by atoms with E-state index < -0.39 is 5.82 Å². The first-order valence-corrected chi connectivity index (χ1v) is 6.75. The van der Waals surface area contributed by atoms with Gasteiger partial charge in [0.2, 0.25) is 0 Å². The van der Waals surface area contributed by atoms with Crippen LogP contribution in [0.5, 0.6) is 0 Å². The van der Waals surface area contributed by atoms with Crippen LogP contribution in [-0.2, 0) is 0 Å². The SMILES string of the molecule is NCC#Cc1cc(NC(=O)NC2CCCC2)ccc1F. The highest BCUT2D eigenvalue weighted by Crippen LogP contribution is 2.18. The zero-order valence-corrected chi connectivity index (χ0v) is 11.2. The van der Waals surface area contributed by atoms with Gasteiger partial charge in [0.25, 0.3) is 0 Å². The molecule has 4 nitrogen and oxygen atoms in total. The molecule has 0 unspecified atom stereocenters. The van der Waals surface area contributed by atoms with Crippen molar-refractivity contribution in [1.29, 1.82) is 0 Å². The Hall–Kier alpha value is -2.06. The Bertz CT molecular complexity index is 542. The number of hydrogen-bond acceptors (Lipinski definition) is 2. The number of benzene rings is 1. The Kier molecular flexibility index (Phi) is 4.97. The van der Waals surface area contributed by atoms with Crippen LogP contribution in [0.3, 0.4) is 0 Å². The van der Waals surface area contributed by atoms with Crippen molar-refractivity contribution >= 4 is 11.7 Å². The average Bonchev–Trinajstić information content (AvgIpc) is 2.92. The lowest BCUT2D eigenvalue weighted by Crippen LogP contribution is -2.36. The summed E-state index contributed by atoms with van der Waals surface area (Å²) in [6.45, 7) is 0.166. The summed E-state index contributed by atoms with van der Waals surface area (Å²) < 4.78 is 13.5. The van der Waals surface area contributed by atoms with Gasteiger partial charge in [0.15, 0.2) is 0 Å². The molecule has 0 heterocycles. The number of rotatable bonds is 2. The van der Waals surface area contributed by atoms with Crippen LogP contribution in [0.25, 0.3) is 0 Å². The number of amides is 2. The molecule has 1 aromatic rings. The fourth-order valence-corrected chi connectivity index (χ4v) is 2.27. The number of urea groups is 1. The minimum Gasteiger partial charge on any atom is -0.335 e. The molecule has 0 radical (unpaired) electrons. The lowest BCUT2D eigenvalue weighted by atomic mass is 10.2. The monoisotopic (exact) mass is 275 g/mol. The summed E-state index contributed by atoms with van der Waals surface area (Å²) in [4.78, 5) is 11.8. The number of nitrogens with two attached hydrogens (primary N) is 1. The number of carbonyl (C=O) groups is 1. The molecular formula is C15H18FN3O. The summed E-state index contributed by atoms with van der Waals surface area (Å²) in [5, 5.41) is 5.60. The topological polar surface area (TPSA) is 67.1 Å². The minimum absolute atomic E-state index is 0.166. The van der Waals surface area contributed by atoms with E-state index in [1.807, 2.05) is 0 Å². The zero-order valence-electron chi connectivity index (χ0n) is 11.2. The molecule has 0 saturated heterocycles. The Morgan fingerprint density at radius 2 is 2.15 bits per heavy atom. The van der Waals surface area contributed by atoms with E-state index in [1.165, 1.54) is 18.2 Å². The Balaban J connectivity index is 1.99. The lowest BCUT2D eigenvalue weighted by Gasteiger charge is -2.13. The van der Waals surface area contributed by atoms with E-state index in [0.717, 1.165) is 25.7 Å². The second-order valence-electron chi connectivity index (χ2n) is 4.78. The highest BCUT2D eigenvalue weighted by Gasteiger charge is 2.17. The summed E-state index contributed by atoms with van der Waals surface area (Å²) in [6.07, 6.45) is 4.34. The minimum atomic E-state index is -0.423. The van der Waals surface area contributed by atoms with Crippen LogP contribution in [0, 0.1) is 17.7 Å². The molecule has 4 N–H and O–H groups in total. The second-order valence-corrected chi connectivity index (χ2v) is 4.78. The largest absolute Gasteiger partial charge is 0.335 e. The highest BCUT2D eigenvalue weighted by molar-refractivity contribution is 5.89. The van der Waals surface area contributed by atoms with Gasteiger partial charge in [-0.25, -0.2) is 9.18 Å². The third kappa shape index (κ3) is 3.97. The van der Waals surface area contributed by atoms with E-state index >= 15 is 0 Å². The molecule has 0 aliphatic heterocycles. The molecule has 106 valence electrons. The van der Waals surface area contributed by atoms with Crippen molar-refractivity contribution in [3.05, 3.63) is 29.6 Å². The van der Waals surface area contributed by atoms with Gasteiger partial charge in [-0.05, 0) is 31.0 Å². The van der Waals surface area contributed by atoms with E-state index in [-0.39, 0.29) is 24.2 Å². The quantitative estimate of drug-likeness (QED) is 0.724. The van der Waals surface area contributed by atoms with E-state index in [2.05, 4.69) is 22.5 Å². The van der Waals surface area contributed by atoms with Gasteiger partial charge in [-0.3, -0.25) is 0 Å². The third-order valence-electron chi connectivity index (χ3n) is 3.24. The van der Waals surface area contributed by atoms with Crippen molar-refractivity contribution in [2.75, 3.05) is 11.9 Å². The fraction of sp³-hybridized carbons (Fsp3) is 0.400. The average molecular weight is 275 g/mol. The highest BCUT2D eigenvalue weighted by atomic mass is 19.1. The third-order valence-corrected chi connectivity index (χ3v) is 3.24. The van der Waals surface area contributed by atoms with Crippen molar-refractivity contribution < 1.29 is 9.18 Å². The molecule has 1 aliphatic rings. The van der Waals surface area contributed by atoms with Crippen molar-refractivity contribution in [3.63, 3.8) is 0 Å². The molecule has 0 aromatic heterocycles. The standard InChI is InChI=1S/C15H18FN3O/c16-14-8-7-13(10-11(14)4-3-9-17)19-15(20)18-12-5-1-2-6-12/h7-8,10,12H,1-2,5-6,9,17H2,(H2,18,19,20). The summed E-state index contributed by atoms with van der Waals surface area (Å²) in [5.74, 6) is 4.81. The van der Waals surface area contributed by atoms with Gasteiger partial charge in [0.05, 0.1) is 12.1 Å². The van der Waals surface area contributed by atoms with Gasteiger partial charge >= 0.3 is 6.03 Å². The molecule has 5 heteroatoms. The smallest absolute Gasteiger partial charge is 0.319 e. The number of halogens is 1. The molecule has 0 bridgehead atoms. The number of anilines is 1. The molecule has 0 atom stereocenters. The Labute approximate surface area is 117 Å². The van der Waals surface area contributed by atoms with Gasteiger partial charge in [0, 0.05) is 11.7 Å². The van der Waals surface area contributed by atoms with Gasteiger partial charge in [-0.15, -0.1) is 0 Å². The predicted octanol–water partition coefficient (Wildman–Crippen LogP) is 2.20. The molecule has 1 aliphatic carbocycles. The van der Waals surface area contributed by atoms with Gasteiger partial charge in [0.1, 0.15) is 5.82 Å². The van der Waals surface area contributed by atoms with Gasteiger partial charge in [-0.2, -0.15) is 0 Å². The number of carbonyl (C=O) groups excluding carboxylic acids is 1. The first kappa shape index (κ1) is 14.4. The summed E-state index contributed by atoms with van der Waals surface area (Å²) in [7, 11) is 0. The van der Waals surface area contributed by atoms with Crippen molar-refractivity contribution in [2.24, 2.45) is 5.73 Å². The fourth-order valence-electron chi connectivity index (χ4n) is 2.27. The second kappa shape index (κ2) is 6.92. The van der Waals surface area contributed by atoms with E-state index in [4.69, 9.17) is 5.73 Å². The predicted molar refractivity (Wildman–Crippen MR) is 76.7 cm³/mol. The Morgan fingerprint density at radius 3 is 2.85 bits per heavy atom. The van der Waals surface area contributed by atoms with Crippen LogP contribution in [0.15, 0.2) is 18.2 Å². The number of nitrogens with one attached hydrogen (secondary N) is 2. The van der Waals surface area contributed by atoms with Crippen LogP contribution in [0.1, 0.15) is 31.2 Å². The normalized spacial score (nSPS) is 14.5. The summed E-state index contributed by atoms with van der Waals surface area (Å²) in [6, 6.07) is 4.28. The van der Waals surface area contributed by atoms with Crippen LogP contribution in [0.4, 0.5) is 14.9 Å². The van der Waals surface area contributed by atoms with Crippen LogP contribution < -0.4 is 16.4 Å². The lowest BCUT2D eigenvalue weighted by molar-refractivity contribution is 0.248. The molecule has 2 amide bonds. The van der Waals surface area contributed by atoms with Gasteiger partial charge < -0.3 is 16.4 Å². The Morgan fingerprint density at radius 1 is 1.40 bits per heavy atom. The van der Waals surface area contributed by atoms with Crippen molar-refractivity contribution in [1.82, 2.24) is 5.32 Å². The summed E-state index contributed by atoms with van der Waals surface area (Å²) in [5.41, 5.74) is 6.01. The molecule has 1 saturated carbocycles. The molecule has 2 rings (SSSR count). The first-order chi connectivity index (χ1) is 9.69.